The third-order valence-electron chi connectivity index (χ3n) is 5.60. The maximum atomic E-state index is 12.9. The second-order valence-corrected chi connectivity index (χ2v) is 7.42. The first-order valence-electron chi connectivity index (χ1n) is 9.61. The van der Waals surface area contributed by atoms with Crippen molar-refractivity contribution in [2.24, 2.45) is 0 Å². The lowest BCUT2D eigenvalue weighted by molar-refractivity contribution is -0.384. The molecule has 0 spiro atoms. The van der Waals surface area contributed by atoms with Gasteiger partial charge in [0, 0.05) is 44.0 Å². The number of anilines is 2. The van der Waals surface area contributed by atoms with Gasteiger partial charge in [-0.1, -0.05) is 17.7 Å². The molecule has 2 aromatic carbocycles. The molecule has 2 amide bonds. The fourth-order valence-electron chi connectivity index (χ4n) is 3.94. The Hall–Kier alpha value is -3.26. The number of hydrogen-bond acceptors (Lipinski definition) is 6. The number of piperazine rings is 1. The summed E-state index contributed by atoms with van der Waals surface area (Å²) in [5.74, 6) is -0.329. The van der Waals surface area contributed by atoms with Crippen molar-refractivity contribution in [1.82, 2.24) is 4.90 Å². The Morgan fingerprint density at radius 3 is 2.07 bits per heavy atom. The van der Waals surface area contributed by atoms with Crippen LogP contribution < -0.4 is 9.80 Å². The highest BCUT2D eigenvalue weighted by molar-refractivity contribution is 6.22. The Labute approximate surface area is 168 Å². The lowest BCUT2D eigenvalue weighted by atomic mass is 10.1. The molecule has 2 aliphatic rings. The normalized spacial score (nSPS) is 20.4. The van der Waals surface area contributed by atoms with Crippen molar-refractivity contribution in [1.29, 1.82) is 0 Å². The number of amides is 2. The molecular weight excluding hydrogens is 372 g/mol. The van der Waals surface area contributed by atoms with E-state index in [2.05, 4.69) is 9.80 Å². The van der Waals surface area contributed by atoms with Crippen LogP contribution in [0.5, 0.6) is 0 Å². The summed E-state index contributed by atoms with van der Waals surface area (Å²) in [5, 5.41) is 10.8. The number of nitro benzene ring substituents is 1. The number of nitro groups is 1. The Morgan fingerprint density at radius 1 is 0.897 bits per heavy atom. The molecule has 0 saturated carbocycles. The molecule has 8 heteroatoms. The predicted octanol–water partition coefficient (Wildman–Crippen LogP) is 2.36. The Balaban J connectivity index is 1.41. The zero-order valence-corrected chi connectivity index (χ0v) is 16.2. The Morgan fingerprint density at radius 2 is 1.48 bits per heavy atom. The number of imide groups is 1. The van der Waals surface area contributed by atoms with E-state index in [1.54, 1.807) is 24.3 Å². The number of carbonyl (C=O) groups excluding carboxylic acids is 2. The minimum absolute atomic E-state index is 0.0682. The van der Waals surface area contributed by atoms with Crippen molar-refractivity contribution in [2.75, 3.05) is 36.0 Å². The van der Waals surface area contributed by atoms with Crippen LogP contribution in [0.4, 0.5) is 17.1 Å². The topological polar surface area (TPSA) is 87.0 Å². The van der Waals surface area contributed by atoms with E-state index in [0.717, 1.165) is 11.3 Å². The average molecular weight is 394 g/mol. The first kappa shape index (κ1) is 19.1. The molecule has 2 heterocycles. The number of aryl methyl sites for hydroxylation is 1. The van der Waals surface area contributed by atoms with Crippen LogP contribution in [0.15, 0.2) is 48.5 Å². The van der Waals surface area contributed by atoms with Gasteiger partial charge in [0.1, 0.15) is 0 Å². The largest absolute Gasteiger partial charge is 0.369 e. The Bertz CT molecular complexity index is 934. The summed E-state index contributed by atoms with van der Waals surface area (Å²) in [6.07, 6.45) is 0.199. The van der Waals surface area contributed by atoms with E-state index < -0.39 is 11.0 Å². The van der Waals surface area contributed by atoms with Crippen molar-refractivity contribution in [3.8, 4) is 0 Å². The summed E-state index contributed by atoms with van der Waals surface area (Å²) in [5.41, 5.74) is 2.69. The lowest BCUT2D eigenvalue weighted by Crippen LogP contribution is -2.52. The van der Waals surface area contributed by atoms with Gasteiger partial charge in [-0.05, 0) is 31.2 Å². The van der Waals surface area contributed by atoms with Crippen LogP contribution in [0.1, 0.15) is 12.0 Å². The van der Waals surface area contributed by atoms with Crippen molar-refractivity contribution in [2.45, 2.75) is 19.4 Å². The van der Waals surface area contributed by atoms with Crippen LogP contribution in [0, 0.1) is 17.0 Å². The second kappa shape index (κ2) is 7.63. The van der Waals surface area contributed by atoms with E-state index in [4.69, 9.17) is 0 Å². The molecule has 0 bridgehead atoms. The summed E-state index contributed by atoms with van der Waals surface area (Å²) < 4.78 is 0. The molecule has 0 radical (unpaired) electrons. The highest BCUT2D eigenvalue weighted by atomic mass is 16.6. The molecule has 29 heavy (non-hydrogen) atoms. The molecule has 2 aliphatic heterocycles. The summed E-state index contributed by atoms with van der Waals surface area (Å²) >= 11 is 0. The highest BCUT2D eigenvalue weighted by Crippen LogP contribution is 2.27. The van der Waals surface area contributed by atoms with E-state index in [1.807, 2.05) is 19.1 Å². The maximum absolute atomic E-state index is 12.9. The first-order valence-corrected chi connectivity index (χ1v) is 9.61. The van der Waals surface area contributed by atoms with Crippen molar-refractivity contribution >= 4 is 28.9 Å². The van der Waals surface area contributed by atoms with Crippen LogP contribution in [-0.2, 0) is 9.59 Å². The molecule has 2 fully saturated rings. The van der Waals surface area contributed by atoms with E-state index in [9.17, 15) is 19.7 Å². The van der Waals surface area contributed by atoms with E-state index in [-0.39, 0.29) is 23.9 Å². The van der Waals surface area contributed by atoms with Gasteiger partial charge in [0.25, 0.3) is 11.6 Å². The molecule has 0 unspecified atom stereocenters. The molecule has 2 saturated heterocycles. The lowest BCUT2D eigenvalue weighted by Gasteiger charge is -2.38. The SMILES string of the molecule is Cc1ccc(N2C(=O)C[C@@H](N3CCN(c4ccc([N+](=O)[O-])cc4)CC3)C2=O)cc1. The standard InChI is InChI=1S/C21H22N4O4/c1-15-2-4-17(5-3-15)24-20(26)14-19(21(24)27)23-12-10-22(11-13-23)16-6-8-18(9-7-16)25(28)29/h2-9,19H,10-14H2,1H3/t19-/m1/s1. The third kappa shape index (κ3) is 3.71. The van der Waals surface area contributed by atoms with E-state index in [1.165, 1.54) is 17.0 Å². The zero-order valence-electron chi connectivity index (χ0n) is 16.2. The number of carbonyl (C=O) groups is 2. The molecule has 8 nitrogen and oxygen atoms in total. The van der Waals surface area contributed by atoms with E-state index in [0.29, 0.717) is 31.9 Å². The fourth-order valence-corrected chi connectivity index (χ4v) is 3.94. The molecule has 2 aromatic rings. The van der Waals surface area contributed by atoms with Gasteiger partial charge in [-0.15, -0.1) is 0 Å². The van der Waals surface area contributed by atoms with Gasteiger partial charge in [-0.2, -0.15) is 0 Å². The molecule has 0 aromatic heterocycles. The second-order valence-electron chi connectivity index (χ2n) is 7.42. The van der Waals surface area contributed by atoms with E-state index >= 15 is 0 Å². The van der Waals surface area contributed by atoms with Crippen molar-refractivity contribution in [3.63, 3.8) is 0 Å². The predicted molar refractivity (Wildman–Crippen MR) is 109 cm³/mol. The van der Waals surface area contributed by atoms with Crippen molar-refractivity contribution < 1.29 is 14.5 Å². The van der Waals surface area contributed by atoms with Gasteiger partial charge in [-0.3, -0.25) is 24.6 Å². The smallest absolute Gasteiger partial charge is 0.269 e. The first-order chi connectivity index (χ1) is 13.9. The van der Waals surface area contributed by atoms with Crippen LogP contribution in [0.25, 0.3) is 0 Å². The van der Waals surface area contributed by atoms with Crippen LogP contribution in [-0.4, -0.2) is 53.9 Å². The van der Waals surface area contributed by atoms with Gasteiger partial charge in [0.2, 0.25) is 5.91 Å². The fraction of sp³-hybridized carbons (Fsp3) is 0.333. The van der Waals surface area contributed by atoms with Crippen LogP contribution in [0.3, 0.4) is 0 Å². The van der Waals surface area contributed by atoms with Crippen LogP contribution in [0.2, 0.25) is 0 Å². The minimum Gasteiger partial charge on any atom is -0.369 e. The summed E-state index contributed by atoms with van der Waals surface area (Å²) in [6.45, 7) is 4.66. The number of hydrogen-bond donors (Lipinski definition) is 0. The molecular formula is C21H22N4O4. The summed E-state index contributed by atoms with van der Waals surface area (Å²) in [4.78, 5) is 41.3. The van der Waals surface area contributed by atoms with Crippen LogP contribution >= 0.6 is 0 Å². The third-order valence-corrected chi connectivity index (χ3v) is 5.60. The average Bonchev–Trinajstić information content (AvgIpc) is 3.03. The number of non-ortho nitro benzene ring substituents is 1. The number of rotatable bonds is 4. The summed E-state index contributed by atoms with van der Waals surface area (Å²) in [7, 11) is 0. The number of nitrogens with zero attached hydrogens (tertiary/aromatic N) is 4. The quantitative estimate of drug-likeness (QED) is 0.449. The Kier molecular flexibility index (Phi) is 5.02. The van der Waals surface area contributed by atoms with Gasteiger partial charge >= 0.3 is 0 Å². The number of benzene rings is 2. The maximum Gasteiger partial charge on any atom is 0.269 e. The van der Waals surface area contributed by atoms with Crippen molar-refractivity contribution in [3.05, 3.63) is 64.2 Å². The van der Waals surface area contributed by atoms with Gasteiger partial charge in [0.05, 0.1) is 23.1 Å². The van der Waals surface area contributed by atoms with Gasteiger partial charge < -0.3 is 4.90 Å². The molecule has 0 aliphatic carbocycles. The zero-order chi connectivity index (χ0) is 20.5. The molecule has 4 rings (SSSR count). The van der Waals surface area contributed by atoms with Gasteiger partial charge in [-0.25, -0.2) is 4.90 Å². The molecule has 150 valence electrons. The van der Waals surface area contributed by atoms with Gasteiger partial charge in [0.15, 0.2) is 0 Å². The monoisotopic (exact) mass is 394 g/mol. The minimum atomic E-state index is -0.428. The molecule has 0 N–H and O–H groups in total. The molecule has 1 atom stereocenters. The highest BCUT2D eigenvalue weighted by Gasteiger charge is 2.43. The summed E-state index contributed by atoms with van der Waals surface area (Å²) in [6, 6.07) is 13.5.